The Morgan fingerprint density at radius 2 is 1.90 bits per heavy atom. The van der Waals surface area contributed by atoms with Gasteiger partial charge in [0, 0.05) is 17.1 Å². The minimum atomic E-state index is 0.524. The van der Waals surface area contributed by atoms with Gasteiger partial charge in [-0.05, 0) is 41.7 Å². The molecule has 1 aliphatic heterocycles. The van der Waals surface area contributed by atoms with E-state index in [4.69, 9.17) is 0 Å². The van der Waals surface area contributed by atoms with Gasteiger partial charge in [-0.1, -0.05) is 64.5 Å². The quantitative estimate of drug-likeness (QED) is 0.878. The van der Waals surface area contributed by atoms with E-state index < -0.39 is 0 Å². The van der Waals surface area contributed by atoms with Crippen molar-refractivity contribution in [3.8, 4) is 0 Å². The van der Waals surface area contributed by atoms with E-state index in [1.807, 2.05) is 0 Å². The first kappa shape index (κ1) is 13.6. The number of nitrogens with one attached hydrogen (secondary N) is 1. The van der Waals surface area contributed by atoms with Crippen LogP contribution in [0.4, 0.5) is 0 Å². The van der Waals surface area contributed by atoms with E-state index in [-0.39, 0.29) is 0 Å². The lowest BCUT2D eigenvalue weighted by Gasteiger charge is -2.25. The van der Waals surface area contributed by atoms with Gasteiger partial charge in [0.25, 0.3) is 0 Å². The first-order valence-corrected chi connectivity index (χ1v) is 7.83. The fourth-order valence-electron chi connectivity index (χ4n) is 2.74. The Hall–Kier alpha value is -1.38. The molecule has 0 amide bonds. The largest absolute Gasteiger partial charge is 0.310 e. The lowest BCUT2D eigenvalue weighted by Crippen LogP contribution is -2.34. The second-order valence-electron chi connectivity index (χ2n) is 5.24. The van der Waals surface area contributed by atoms with E-state index in [1.54, 1.807) is 0 Å². The van der Waals surface area contributed by atoms with Gasteiger partial charge in [-0.3, -0.25) is 0 Å². The van der Waals surface area contributed by atoms with Crippen LogP contribution in [0.25, 0.3) is 5.57 Å². The first-order chi connectivity index (χ1) is 9.81. The Morgan fingerprint density at radius 3 is 2.70 bits per heavy atom. The van der Waals surface area contributed by atoms with Gasteiger partial charge in [-0.15, -0.1) is 0 Å². The molecule has 0 saturated carbocycles. The third-order valence-corrected chi connectivity index (χ3v) is 4.23. The molecule has 2 aromatic carbocycles. The summed E-state index contributed by atoms with van der Waals surface area (Å²) in [5, 5.41) is 3.59. The molecular formula is C18H18BrN. The lowest BCUT2D eigenvalue weighted by atomic mass is 9.92. The highest BCUT2D eigenvalue weighted by molar-refractivity contribution is 9.10. The summed E-state index contributed by atoms with van der Waals surface area (Å²) in [6.45, 7) is 0.958. The smallest absolute Gasteiger partial charge is 0.0181 e. The maximum atomic E-state index is 3.59. The van der Waals surface area contributed by atoms with E-state index in [9.17, 15) is 0 Å². The SMILES string of the molecule is Brc1cccc(C2=CCNC(Cc3ccccc3)C2)c1. The zero-order chi connectivity index (χ0) is 13.8. The van der Waals surface area contributed by atoms with Crippen molar-refractivity contribution in [3.63, 3.8) is 0 Å². The van der Waals surface area contributed by atoms with Gasteiger partial charge in [-0.2, -0.15) is 0 Å². The molecule has 0 spiro atoms. The molecule has 0 fully saturated rings. The van der Waals surface area contributed by atoms with Crippen molar-refractivity contribution in [1.82, 2.24) is 5.32 Å². The highest BCUT2D eigenvalue weighted by atomic mass is 79.9. The summed E-state index contributed by atoms with van der Waals surface area (Å²) in [5.41, 5.74) is 4.19. The number of hydrogen-bond acceptors (Lipinski definition) is 1. The normalized spacial score (nSPS) is 18.6. The van der Waals surface area contributed by atoms with Crippen molar-refractivity contribution < 1.29 is 0 Å². The summed E-state index contributed by atoms with van der Waals surface area (Å²) < 4.78 is 1.15. The summed E-state index contributed by atoms with van der Waals surface area (Å²) in [7, 11) is 0. The Bertz CT molecular complexity index is 604. The molecule has 1 atom stereocenters. The Kier molecular flexibility index (Phi) is 4.34. The standard InChI is InChI=1S/C18H18BrN/c19-17-8-4-7-15(12-17)16-9-10-20-18(13-16)11-14-5-2-1-3-6-14/h1-9,12,18,20H,10-11,13H2. The van der Waals surface area contributed by atoms with Crippen LogP contribution in [0.3, 0.4) is 0 Å². The second-order valence-corrected chi connectivity index (χ2v) is 6.15. The molecule has 3 rings (SSSR count). The second kappa shape index (κ2) is 6.38. The predicted octanol–water partition coefficient (Wildman–Crippen LogP) is 4.44. The minimum absolute atomic E-state index is 0.524. The number of benzene rings is 2. The van der Waals surface area contributed by atoms with Gasteiger partial charge in [0.05, 0.1) is 0 Å². The lowest BCUT2D eigenvalue weighted by molar-refractivity contribution is 0.533. The average molecular weight is 328 g/mol. The molecule has 20 heavy (non-hydrogen) atoms. The number of hydrogen-bond donors (Lipinski definition) is 1. The molecule has 0 aliphatic carbocycles. The van der Waals surface area contributed by atoms with Gasteiger partial charge in [0.1, 0.15) is 0 Å². The topological polar surface area (TPSA) is 12.0 Å². The minimum Gasteiger partial charge on any atom is -0.310 e. The Labute approximate surface area is 128 Å². The van der Waals surface area contributed by atoms with Crippen molar-refractivity contribution in [2.24, 2.45) is 0 Å². The van der Waals surface area contributed by atoms with Crippen LogP contribution in [0.2, 0.25) is 0 Å². The van der Waals surface area contributed by atoms with E-state index in [0.29, 0.717) is 6.04 Å². The molecule has 0 radical (unpaired) electrons. The average Bonchev–Trinajstić information content (AvgIpc) is 2.49. The molecule has 0 saturated heterocycles. The number of rotatable bonds is 3. The summed E-state index contributed by atoms with van der Waals surface area (Å²) in [4.78, 5) is 0. The van der Waals surface area contributed by atoms with Gasteiger partial charge in [-0.25, -0.2) is 0 Å². The molecule has 1 aliphatic rings. The molecule has 0 aromatic heterocycles. The van der Waals surface area contributed by atoms with Gasteiger partial charge < -0.3 is 5.32 Å². The Morgan fingerprint density at radius 1 is 1.05 bits per heavy atom. The fourth-order valence-corrected chi connectivity index (χ4v) is 3.14. The van der Waals surface area contributed by atoms with Gasteiger partial charge in [0.2, 0.25) is 0 Å². The van der Waals surface area contributed by atoms with Crippen LogP contribution >= 0.6 is 15.9 Å². The van der Waals surface area contributed by atoms with Crippen LogP contribution in [-0.2, 0) is 6.42 Å². The first-order valence-electron chi connectivity index (χ1n) is 7.03. The maximum Gasteiger partial charge on any atom is 0.0181 e. The van der Waals surface area contributed by atoms with Crippen molar-refractivity contribution in [3.05, 3.63) is 76.3 Å². The summed E-state index contributed by atoms with van der Waals surface area (Å²) in [6, 6.07) is 19.8. The monoisotopic (exact) mass is 327 g/mol. The zero-order valence-corrected chi connectivity index (χ0v) is 12.9. The van der Waals surface area contributed by atoms with Gasteiger partial charge >= 0.3 is 0 Å². The molecule has 1 unspecified atom stereocenters. The molecule has 1 N–H and O–H groups in total. The molecular weight excluding hydrogens is 310 g/mol. The molecule has 1 heterocycles. The zero-order valence-electron chi connectivity index (χ0n) is 11.4. The summed E-state index contributed by atoms with van der Waals surface area (Å²) in [6.07, 6.45) is 4.49. The predicted molar refractivity (Wildman–Crippen MR) is 88.7 cm³/mol. The van der Waals surface area contributed by atoms with Crippen molar-refractivity contribution in [1.29, 1.82) is 0 Å². The van der Waals surface area contributed by atoms with Crippen LogP contribution in [-0.4, -0.2) is 12.6 Å². The third-order valence-electron chi connectivity index (χ3n) is 3.74. The van der Waals surface area contributed by atoms with Crippen LogP contribution in [0.5, 0.6) is 0 Å². The van der Waals surface area contributed by atoms with E-state index >= 15 is 0 Å². The van der Waals surface area contributed by atoms with Crippen molar-refractivity contribution in [2.45, 2.75) is 18.9 Å². The molecule has 1 nitrogen and oxygen atoms in total. The molecule has 102 valence electrons. The highest BCUT2D eigenvalue weighted by Crippen LogP contribution is 2.26. The maximum absolute atomic E-state index is 3.59. The summed E-state index contributed by atoms with van der Waals surface area (Å²) >= 11 is 3.55. The third kappa shape index (κ3) is 3.38. The Balaban J connectivity index is 1.72. The van der Waals surface area contributed by atoms with Crippen LogP contribution < -0.4 is 5.32 Å². The van der Waals surface area contributed by atoms with E-state index in [2.05, 4.69) is 81.9 Å². The van der Waals surface area contributed by atoms with Crippen molar-refractivity contribution >= 4 is 21.5 Å². The van der Waals surface area contributed by atoms with Crippen LogP contribution in [0.1, 0.15) is 17.5 Å². The van der Waals surface area contributed by atoms with E-state index in [0.717, 1.165) is 23.9 Å². The van der Waals surface area contributed by atoms with Crippen molar-refractivity contribution in [2.75, 3.05) is 6.54 Å². The van der Waals surface area contributed by atoms with Gasteiger partial charge in [0.15, 0.2) is 0 Å². The number of halogens is 1. The van der Waals surface area contributed by atoms with Crippen LogP contribution in [0.15, 0.2) is 65.1 Å². The molecule has 0 bridgehead atoms. The highest BCUT2D eigenvalue weighted by Gasteiger charge is 2.16. The summed E-state index contributed by atoms with van der Waals surface area (Å²) in [5.74, 6) is 0. The van der Waals surface area contributed by atoms with E-state index in [1.165, 1.54) is 16.7 Å². The molecule has 2 aromatic rings. The van der Waals surface area contributed by atoms with Crippen LogP contribution in [0, 0.1) is 0 Å². The fraction of sp³-hybridized carbons (Fsp3) is 0.222. The molecule has 2 heteroatoms.